The summed E-state index contributed by atoms with van der Waals surface area (Å²) >= 11 is 0. The minimum Gasteiger partial charge on any atom is -0.507 e. The van der Waals surface area contributed by atoms with Gasteiger partial charge >= 0.3 is 0 Å². The lowest BCUT2D eigenvalue weighted by Gasteiger charge is -2.15. The number of benzene rings is 4. The smallest absolute Gasteiger partial charge is 0.124 e. The standard InChI is InChI=1S/C26H18N4O2/c31-23-7-1-17-13-19(29-11-9-27-15-29)3-5-21(17)25(23)26-22-6-4-20(30-12-10-28-16-30)14-18(22)2-8-24(26)32/h1-16,31-32H. The zero-order chi connectivity index (χ0) is 21.7. The van der Waals surface area contributed by atoms with Crippen molar-refractivity contribution in [2.75, 3.05) is 0 Å². The van der Waals surface area contributed by atoms with E-state index < -0.39 is 0 Å². The lowest BCUT2D eigenvalue weighted by Crippen LogP contribution is -1.93. The maximum absolute atomic E-state index is 10.9. The molecule has 0 radical (unpaired) electrons. The van der Waals surface area contributed by atoms with Gasteiger partial charge in [0.15, 0.2) is 0 Å². The largest absolute Gasteiger partial charge is 0.507 e. The quantitative estimate of drug-likeness (QED) is 0.401. The third-order valence-electron chi connectivity index (χ3n) is 5.82. The summed E-state index contributed by atoms with van der Waals surface area (Å²) in [4.78, 5) is 8.23. The molecule has 6 heteroatoms. The third kappa shape index (κ3) is 2.81. The predicted octanol–water partition coefficient (Wildman–Crippen LogP) is 5.44. The van der Waals surface area contributed by atoms with Gasteiger partial charge in [0.05, 0.1) is 12.7 Å². The molecule has 6 nitrogen and oxygen atoms in total. The maximum atomic E-state index is 10.9. The Hall–Kier alpha value is -4.58. The van der Waals surface area contributed by atoms with E-state index in [9.17, 15) is 10.2 Å². The highest BCUT2D eigenvalue weighted by molar-refractivity contribution is 6.10. The molecule has 0 bridgehead atoms. The fourth-order valence-corrected chi connectivity index (χ4v) is 4.28. The van der Waals surface area contributed by atoms with Crippen LogP contribution in [0.5, 0.6) is 11.5 Å². The second-order valence-electron chi connectivity index (χ2n) is 7.67. The van der Waals surface area contributed by atoms with Gasteiger partial charge in [0.25, 0.3) is 0 Å². The van der Waals surface area contributed by atoms with Crippen molar-refractivity contribution in [3.05, 3.63) is 98.1 Å². The van der Waals surface area contributed by atoms with E-state index >= 15 is 0 Å². The Bertz CT molecular complexity index is 1460. The first-order valence-corrected chi connectivity index (χ1v) is 10.2. The molecular formula is C26H18N4O2. The minimum atomic E-state index is 0.120. The van der Waals surface area contributed by atoms with Crippen molar-refractivity contribution in [2.45, 2.75) is 0 Å². The van der Waals surface area contributed by atoms with Gasteiger partial charge in [-0.1, -0.05) is 24.3 Å². The summed E-state index contributed by atoms with van der Waals surface area (Å²) in [5.41, 5.74) is 3.16. The highest BCUT2D eigenvalue weighted by Gasteiger charge is 2.17. The second kappa shape index (κ2) is 6.99. The summed E-state index contributed by atoms with van der Waals surface area (Å²) in [5.74, 6) is 0.240. The van der Waals surface area contributed by atoms with Crippen LogP contribution in [0, 0.1) is 0 Å². The van der Waals surface area contributed by atoms with Gasteiger partial charge in [0.2, 0.25) is 0 Å². The number of aromatic nitrogens is 4. The Balaban J connectivity index is 1.60. The van der Waals surface area contributed by atoms with E-state index in [4.69, 9.17) is 0 Å². The van der Waals surface area contributed by atoms with E-state index in [0.717, 1.165) is 32.9 Å². The van der Waals surface area contributed by atoms with Gasteiger partial charge in [-0.15, -0.1) is 0 Å². The van der Waals surface area contributed by atoms with E-state index in [1.54, 1.807) is 37.2 Å². The summed E-state index contributed by atoms with van der Waals surface area (Å²) < 4.78 is 3.86. The number of aromatic hydroxyl groups is 2. The van der Waals surface area contributed by atoms with Gasteiger partial charge in [-0.2, -0.15) is 0 Å². The topological polar surface area (TPSA) is 76.1 Å². The molecule has 2 aromatic heterocycles. The van der Waals surface area contributed by atoms with Crippen LogP contribution in [0.4, 0.5) is 0 Å². The lowest BCUT2D eigenvalue weighted by atomic mass is 9.92. The van der Waals surface area contributed by atoms with Crippen LogP contribution in [0.25, 0.3) is 44.0 Å². The van der Waals surface area contributed by atoms with Crippen molar-refractivity contribution in [1.82, 2.24) is 19.1 Å². The van der Waals surface area contributed by atoms with Crippen LogP contribution in [0.2, 0.25) is 0 Å². The third-order valence-corrected chi connectivity index (χ3v) is 5.82. The molecule has 0 atom stereocenters. The summed E-state index contributed by atoms with van der Waals surface area (Å²) in [5, 5.41) is 25.4. The van der Waals surface area contributed by atoms with Crippen LogP contribution in [-0.2, 0) is 0 Å². The first kappa shape index (κ1) is 18.2. The molecule has 0 fully saturated rings. The molecule has 0 saturated heterocycles. The zero-order valence-corrected chi connectivity index (χ0v) is 16.9. The molecule has 4 aromatic carbocycles. The highest BCUT2D eigenvalue weighted by atomic mass is 16.3. The normalized spacial score (nSPS) is 11.4. The molecular weight excluding hydrogens is 400 g/mol. The van der Waals surface area contributed by atoms with Gasteiger partial charge in [0, 0.05) is 47.3 Å². The fraction of sp³-hybridized carbons (Fsp3) is 0. The van der Waals surface area contributed by atoms with Gasteiger partial charge in [-0.05, 0) is 57.9 Å². The van der Waals surface area contributed by atoms with Crippen LogP contribution in [-0.4, -0.2) is 29.3 Å². The minimum absolute atomic E-state index is 0.120. The molecule has 2 N–H and O–H groups in total. The average Bonchev–Trinajstić information content (AvgIpc) is 3.54. The van der Waals surface area contributed by atoms with Crippen molar-refractivity contribution in [3.63, 3.8) is 0 Å². The molecule has 0 aliphatic heterocycles. The SMILES string of the molecule is Oc1ccc2cc(-n3ccnc3)ccc2c1-c1c(O)ccc2cc(-n3ccnc3)ccc12. The number of hydrogen-bond acceptors (Lipinski definition) is 4. The van der Waals surface area contributed by atoms with Crippen LogP contribution >= 0.6 is 0 Å². The van der Waals surface area contributed by atoms with Crippen molar-refractivity contribution < 1.29 is 10.2 Å². The molecule has 6 rings (SSSR count). The molecule has 0 aliphatic rings. The molecule has 0 spiro atoms. The number of rotatable bonds is 3. The number of phenolic OH excluding ortho intramolecular Hbond substituents is 2. The van der Waals surface area contributed by atoms with E-state index in [0.29, 0.717) is 11.1 Å². The zero-order valence-electron chi connectivity index (χ0n) is 16.9. The Morgan fingerprint density at radius 1 is 0.562 bits per heavy atom. The number of imidazole rings is 2. The molecule has 32 heavy (non-hydrogen) atoms. The van der Waals surface area contributed by atoms with Crippen LogP contribution < -0.4 is 0 Å². The lowest BCUT2D eigenvalue weighted by molar-refractivity contribution is 0.470. The Labute approximate surface area is 183 Å². The first-order valence-electron chi connectivity index (χ1n) is 10.2. The number of phenols is 2. The van der Waals surface area contributed by atoms with Crippen molar-refractivity contribution in [2.24, 2.45) is 0 Å². The number of hydrogen-bond donors (Lipinski definition) is 2. The Kier molecular flexibility index (Phi) is 3.98. The Morgan fingerprint density at radius 2 is 1.03 bits per heavy atom. The highest BCUT2D eigenvalue weighted by Crippen LogP contribution is 2.45. The van der Waals surface area contributed by atoms with E-state index in [-0.39, 0.29) is 11.5 Å². The molecule has 154 valence electrons. The summed E-state index contributed by atoms with van der Waals surface area (Å²) in [6.45, 7) is 0. The van der Waals surface area contributed by atoms with Gasteiger partial charge in [-0.25, -0.2) is 9.97 Å². The summed E-state index contributed by atoms with van der Waals surface area (Å²) in [6.07, 6.45) is 10.7. The van der Waals surface area contributed by atoms with E-state index in [1.165, 1.54) is 0 Å². The van der Waals surface area contributed by atoms with Crippen LogP contribution in [0.3, 0.4) is 0 Å². The van der Waals surface area contributed by atoms with E-state index in [2.05, 4.69) is 9.97 Å². The molecule has 0 amide bonds. The second-order valence-corrected chi connectivity index (χ2v) is 7.67. The molecule has 0 saturated carbocycles. The van der Waals surface area contributed by atoms with Gasteiger partial charge < -0.3 is 19.3 Å². The van der Waals surface area contributed by atoms with Gasteiger partial charge in [0.1, 0.15) is 11.5 Å². The molecule has 0 unspecified atom stereocenters. The monoisotopic (exact) mass is 418 g/mol. The molecule has 0 aliphatic carbocycles. The average molecular weight is 418 g/mol. The predicted molar refractivity (Wildman–Crippen MR) is 124 cm³/mol. The molecule has 2 heterocycles. The fourth-order valence-electron chi connectivity index (χ4n) is 4.28. The summed E-state index contributed by atoms with van der Waals surface area (Å²) in [7, 11) is 0. The van der Waals surface area contributed by atoms with Gasteiger partial charge in [-0.3, -0.25) is 0 Å². The van der Waals surface area contributed by atoms with Crippen LogP contribution in [0.1, 0.15) is 0 Å². The number of nitrogens with zero attached hydrogens (tertiary/aromatic N) is 4. The van der Waals surface area contributed by atoms with Crippen molar-refractivity contribution >= 4 is 21.5 Å². The van der Waals surface area contributed by atoms with Crippen molar-refractivity contribution in [3.8, 4) is 34.0 Å². The van der Waals surface area contributed by atoms with E-state index in [1.807, 2.05) is 70.1 Å². The van der Waals surface area contributed by atoms with Crippen LogP contribution in [0.15, 0.2) is 98.1 Å². The number of fused-ring (bicyclic) bond motifs is 2. The van der Waals surface area contributed by atoms with Crippen molar-refractivity contribution in [1.29, 1.82) is 0 Å². The Morgan fingerprint density at radius 3 is 1.44 bits per heavy atom. The first-order chi connectivity index (χ1) is 15.7. The maximum Gasteiger partial charge on any atom is 0.124 e. The summed E-state index contributed by atoms with van der Waals surface area (Å²) in [6, 6.07) is 19.1. The molecule has 6 aromatic rings.